The van der Waals surface area contributed by atoms with E-state index >= 15 is 0 Å². The summed E-state index contributed by atoms with van der Waals surface area (Å²) < 4.78 is 32.4. The van der Waals surface area contributed by atoms with Crippen LogP contribution in [0.3, 0.4) is 0 Å². The fourth-order valence-electron chi connectivity index (χ4n) is 0.859. The molecule has 0 saturated heterocycles. The quantitative estimate of drug-likeness (QED) is 0.392. The monoisotopic (exact) mass is 228 g/mol. The van der Waals surface area contributed by atoms with Gasteiger partial charge in [-0.1, -0.05) is 32.6 Å². The summed E-state index contributed by atoms with van der Waals surface area (Å²) in [6.45, 7) is 2.14. The van der Waals surface area contributed by atoms with E-state index in [1.165, 1.54) is 19.3 Å². The van der Waals surface area contributed by atoms with E-state index < -0.39 is 10.4 Å². The van der Waals surface area contributed by atoms with E-state index in [4.69, 9.17) is 4.55 Å². The Balaban J connectivity index is 3.09. The van der Waals surface area contributed by atoms with Crippen LogP contribution >= 0.6 is 12.0 Å². The van der Waals surface area contributed by atoms with Crippen molar-refractivity contribution >= 4 is 22.4 Å². The van der Waals surface area contributed by atoms with E-state index in [1.54, 1.807) is 0 Å². The van der Waals surface area contributed by atoms with Crippen LogP contribution in [0.5, 0.6) is 0 Å². The molecule has 0 bridgehead atoms. The molecule has 0 aromatic carbocycles. The van der Waals surface area contributed by atoms with Crippen LogP contribution in [0, 0.1) is 0 Å². The van der Waals surface area contributed by atoms with Crippen LogP contribution in [0.2, 0.25) is 0 Å². The minimum absolute atomic E-state index is 0.601. The van der Waals surface area contributed by atoms with Crippen LogP contribution in [-0.4, -0.2) is 18.7 Å². The minimum atomic E-state index is -4.26. The highest BCUT2D eigenvalue weighted by Crippen LogP contribution is 2.11. The Morgan fingerprint density at radius 2 is 1.85 bits per heavy atom. The van der Waals surface area contributed by atoms with Crippen molar-refractivity contribution in [2.24, 2.45) is 0 Å². The predicted octanol–water partition coefficient (Wildman–Crippen LogP) is 2.42. The Morgan fingerprint density at radius 3 is 2.38 bits per heavy atom. The van der Waals surface area contributed by atoms with Gasteiger partial charge in [-0.15, -0.1) is 0 Å². The van der Waals surface area contributed by atoms with Crippen molar-refractivity contribution in [1.29, 1.82) is 0 Å². The summed E-state index contributed by atoms with van der Waals surface area (Å²) in [7, 11) is -4.26. The molecule has 0 heterocycles. The van der Waals surface area contributed by atoms with Crippen molar-refractivity contribution in [3.8, 4) is 0 Å². The summed E-state index contributed by atoms with van der Waals surface area (Å²) in [4.78, 5) is 0. The fraction of sp³-hybridized carbons (Fsp3) is 1.00. The average Bonchev–Trinajstić information content (AvgIpc) is 2.01. The summed E-state index contributed by atoms with van der Waals surface area (Å²) in [5.74, 6) is 0.601. The highest BCUT2D eigenvalue weighted by atomic mass is 32.3. The van der Waals surface area contributed by atoms with E-state index in [2.05, 4.69) is 10.6 Å². The van der Waals surface area contributed by atoms with Gasteiger partial charge in [-0.25, -0.2) is 0 Å². The van der Waals surface area contributed by atoms with Gasteiger partial charge in [0, 0.05) is 17.8 Å². The van der Waals surface area contributed by atoms with Gasteiger partial charge in [-0.2, -0.15) is 12.0 Å². The van der Waals surface area contributed by atoms with Crippen molar-refractivity contribution in [3.63, 3.8) is 0 Å². The Kier molecular flexibility index (Phi) is 7.74. The van der Waals surface area contributed by atoms with Gasteiger partial charge in [0.15, 0.2) is 0 Å². The van der Waals surface area contributed by atoms with Crippen LogP contribution in [0.4, 0.5) is 0 Å². The molecule has 1 N–H and O–H groups in total. The van der Waals surface area contributed by atoms with Gasteiger partial charge in [-0.05, 0) is 6.42 Å². The molecule has 0 fully saturated rings. The lowest BCUT2D eigenvalue weighted by atomic mass is 10.2. The predicted molar refractivity (Wildman–Crippen MR) is 53.9 cm³/mol. The zero-order chi connectivity index (χ0) is 10.2. The molecule has 0 aliphatic rings. The first-order chi connectivity index (χ1) is 6.06. The van der Waals surface area contributed by atoms with Gasteiger partial charge in [-0.3, -0.25) is 4.55 Å². The van der Waals surface area contributed by atoms with Gasteiger partial charge >= 0.3 is 10.4 Å². The molecular formula is C7H16O4S2. The van der Waals surface area contributed by atoms with Crippen LogP contribution < -0.4 is 0 Å². The number of hydrogen-bond donors (Lipinski definition) is 1. The Hall–Kier alpha value is 0.220. The number of rotatable bonds is 8. The largest absolute Gasteiger partial charge is 0.408 e. The fourth-order valence-corrected chi connectivity index (χ4v) is 1.94. The van der Waals surface area contributed by atoms with Crippen molar-refractivity contribution in [2.75, 3.05) is 5.75 Å². The van der Waals surface area contributed by atoms with E-state index in [0.29, 0.717) is 5.75 Å². The third kappa shape index (κ3) is 12.2. The first-order valence-electron chi connectivity index (χ1n) is 4.35. The molecule has 0 unspecified atom stereocenters. The molecule has 80 valence electrons. The molecule has 0 rings (SSSR count). The van der Waals surface area contributed by atoms with Gasteiger partial charge in [0.05, 0.1) is 0 Å². The van der Waals surface area contributed by atoms with Crippen LogP contribution in [-0.2, 0) is 14.0 Å². The second-order valence-corrected chi connectivity index (χ2v) is 4.78. The molecule has 4 nitrogen and oxygen atoms in total. The highest BCUT2D eigenvalue weighted by molar-refractivity contribution is 8.02. The number of unbranched alkanes of at least 4 members (excludes halogenated alkanes) is 4. The smallest absolute Gasteiger partial charge is 0.263 e. The third-order valence-corrected chi connectivity index (χ3v) is 2.99. The molecule has 0 atom stereocenters. The molecule has 0 amide bonds. The van der Waals surface area contributed by atoms with Crippen molar-refractivity contribution in [1.82, 2.24) is 0 Å². The standard InChI is InChI=1S/C7H16O4S2/c1-2-3-4-5-6-7-12-11-13(8,9)10/h2-7H2,1H3,(H,8,9,10). The van der Waals surface area contributed by atoms with Crippen LogP contribution in [0.1, 0.15) is 39.0 Å². The Labute approximate surface area is 84.2 Å². The molecule has 0 aromatic rings. The Morgan fingerprint density at radius 1 is 1.23 bits per heavy atom. The molecular weight excluding hydrogens is 212 g/mol. The van der Waals surface area contributed by atoms with Gasteiger partial charge in [0.25, 0.3) is 0 Å². The summed E-state index contributed by atoms with van der Waals surface area (Å²) in [6, 6.07) is 0. The first-order valence-corrected chi connectivity index (χ1v) is 6.62. The maximum Gasteiger partial charge on any atom is 0.408 e. The van der Waals surface area contributed by atoms with Crippen molar-refractivity contribution in [2.45, 2.75) is 39.0 Å². The molecule has 0 radical (unpaired) electrons. The second kappa shape index (κ2) is 7.61. The molecule has 0 aliphatic heterocycles. The normalized spacial score (nSPS) is 11.8. The van der Waals surface area contributed by atoms with Gasteiger partial charge < -0.3 is 0 Å². The number of hydrogen-bond acceptors (Lipinski definition) is 4. The topological polar surface area (TPSA) is 63.6 Å². The molecule has 0 spiro atoms. The second-order valence-electron chi connectivity index (χ2n) is 2.73. The molecule has 6 heteroatoms. The maximum atomic E-state index is 10.1. The zero-order valence-electron chi connectivity index (χ0n) is 7.73. The SMILES string of the molecule is CCCCCCCSOS(=O)(=O)O. The van der Waals surface area contributed by atoms with Gasteiger partial charge in [0.2, 0.25) is 0 Å². The lowest BCUT2D eigenvalue weighted by molar-refractivity contribution is 0.407. The summed E-state index contributed by atoms with van der Waals surface area (Å²) in [5.41, 5.74) is 0. The van der Waals surface area contributed by atoms with E-state index in [1.807, 2.05) is 0 Å². The van der Waals surface area contributed by atoms with Gasteiger partial charge in [0.1, 0.15) is 0 Å². The van der Waals surface area contributed by atoms with E-state index in [-0.39, 0.29) is 0 Å². The van der Waals surface area contributed by atoms with Crippen LogP contribution in [0.25, 0.3) is 0 Å². The summed E-state index contributed by atoms with van der Waals surface area (Å²) in [5, 5.41) is 0. The van der Waals surface area contributed by atoms with Crippen molar-refractivity contribution in [3.05, 3.63) is 0 Å². The zero-order valence-corrected chi connectivity index (χ0v) is 9.36. The molecule has 0 saturated carbocycles. The van der Waals surface area contributed by atoms with Crippen molar-refractivity contribution < 1.29 is 16.6 Å². The third-order valence-electron chi connectivity index (χ3n) is 1.47. The maximum absolute atomic E-state index is 10.1. The molecule has 13 heavy (non-hydrogen) atoms. The molecule has 0 aliphatic carbocycles. The van der Waals surface area contributed by atoms with Crippen LogP contribution in [0.15, 0.2) is 0 Å². The Bertz CT molecular complexity index is 201. The average molecular weight is 228 g/mol. The van der Waals surface area contributed by atoms with E-state index in [0.717, 1.165) is 24.9 Å². The minimum Gasteiger partial charge on any atom is -0.263 e. The summed E-state index contributed by atoms with van der Waals surface area (Å²) >= 11 is 0.780. The first kappa shape index (κ1) is 13.2. The lowest BCUT2D eigenvalue weighted by Gasteiger charge is -1.98. The molecule has 0 aromatic heterocycles. The highest BCUT2D eigenvalue weighted by Gasteiger charge is 2.03. The van der Waals surface area contributed by atoms with E-state index in [9.17, 15) is 8.42 Å². The lowest BCUT2D eigenvalue weighted by Crippen LogP contribution is -1.97. The summed E-state index contributed by atoms with van der Waals surface area (Å²) in [6.07, 6.45) is 5.57.